The lowest BCUT2D eigenvalue weighted by atomic mass is 9.72. The second-order valence-corrected chi connectivity index (χ2v) is 6.81. The average molecular weight is 281 g/mol. The lowest BCUT2D eigenvalue weighted by Crippen LogP contribution is -2.47. The Morgan fingerprint density at radius 1 is 1.30 bits per heavy atom. The molecule has 2 aliphatic heterocycles. The molecule has 5 nitrogen and oxygen atoms in total. The standard InChI is InChI=1S/C14H24BNO4/c1-9-7-11(8-10(2)16(9)12(17)18)15-19-13(3,4)14(5,6)20-15/h7,9-10H,8H2,1-6H3,(H,17,18)/t9-,10+/m1/s1. The Bertz CT molecular complexity index is 430. The van der Waals surface area contributed by atoms with Crippen molar-refractivity contribution in [1.82, 2.24) is 4.90 Å². The van der Waals surface area contributed by atoms with Crippen LogP contribution < -0.4 is 0 Å². The van der Waals surface area contributed by atoms with Crippen molar-refractivity contribution in [3.8, 4) is 0 Å². The number of nitrogens with zero attached hydrogens (tertiary/aromatic N) is 1. The van der Waals surface area contributed by atoms with Gasteiger partial charge in [-0.1, -0.05) is 6.08 Å². The van der Waals surface area contributed by atoms with E-state index in [1.165, 1.54) is 4.90 Å². The van der Waals surface area contributed by atoms with Crippen LogP contribution in [0.5, 0.6) is 0 Å². The van der Waals surface area contributed by atoms with E-state index in [0.717, 1.165) is 5.47 Å². The molecule has 2 atom stereocenters. The number of carboxylic acid groups (broad SMARTS) is 1. The predicted molar refractivity (Wildman–Crippen MR) is 77.6 cm³/mol. The summed E-state index contributed by atoms with van der Waals surface area (Å²) in [5, 5.41) is 9.23. The van der Waals surface area contributed by atoms with E-state index in [-0.39, 0.29) is 30.4 Å². The molecule has 1 saturated heterocycles. The number of hydrogen-bond acceptors (Lipinski definition) is 3. The van der Waals surface area contributed by atoms with Gasteiger partial charge in [0.25, 0.3) is 0 Å². The Kier molecular flexibility index (Phi) is 3.67. The minimum absolute atomic E-state index is 0.0680. The predicted octanol–water partition coefficient (Wildman–Crippen LogP) is 2.70. The molecule has 0 spiro atoms. The SMILES string of the molecule is C[C@@H]1C=C(B2OC(C)(C)C(C)(C)O2)C[C@H](C)N1C(=O)O. The van der Waals surface area contributed by atoms with Gasteiger partial charge in [0, 0.05) is 6.04 Å². The molecule has 0 aromatic carbocycles. The van der Waals surface area contributed by atoms with E-state index < -0.39 is 6.09 Å². The van der Waals surface area contributed by atoms with Crippen molar-refractivity contribution in [3.63, 3.8) is 0 Å². The van der Waals surface area contributed by atoms with Gasteiger partial charge in [-0.05, 0) is 53.4 Å². The van der Waals surface area contributed by atoms with Gasteiger partial charge in [0.15, 0.2) is 0 Å². The highest BCUT2D eigenvalue weighted by molar-refractivity contribution is 6.54. The maximum absolute atomic E-state index is 11.2. The van der Waals surface area contributed by atoms with E-state index >= 15 is 0 Å². The van der Waals surface area contributed by atoms with E-state index in [2.05, 4.69) is 0 Å². The first-order valence-electron chi connectivity index (χ1n) is 7.12. The normalized spacial score (nSPS) is 32.2. The zero-order valence-corrected chi connectivity index (χ0v) is 13.1. The second-order valence-electron chi connectivity index (χ2n) is 6.81. The summed E-state index contributed by atoms with van der Waals surface area (Å²) in [7, 11) is -0.374. The summed E-state index contributed by atoms with van der Waals surface area (Å²) in [5.74, 6) is 0. The highest BCUT2D eigenvalue weighted by atomic mass is 16.7. The number of rotatable bonds is 1. The van der Waals surface area contributed by atoms with Crippen LogP contribution in [0.1, 0.15) is 48.0 Å². The molecule has 2 heterocycles. The van der Waals surface area contributed by atoms with Gasteiger partial charge < -0.3 is 14.4 Å². The van der Waals surface area contributed by atoms with Gasteiger partial charge in [0.1, 0.15) is 0 Å². The van der Waals surface area contributed by atoms with Gasteiger partial charge in [-0.3, -0.25) is 4.90 Å². The highest BCUT2D eigenvalue weighted by Crippen LogP contribution is 2.40. The van der Waals surface area contributed by atoms with Gasteiger partial charge in [-0.2, -0.15) is 0 Å². The number of carbonyl (C=O) groups is 1. The smallest absolute Gasteiger partial charge is 0.465 e. The fourth-order valence-corrected chi connectivity index (χ4v) is 2.83. The summed E-state index contributed by atoms with van der Waals surface area (Å²) in [4.78, 5) is 12.7. The molecular weight excluding hydrogens is 257 g/mol. The van der Waals surface area contributed by atoms with Crippen molar-refractivity contribution < 1.29 is 19.2 Å². The van der Waals surface area contributed by atoms with Crippen molar-refractivity contribution in [2.24, 2.45) is 0 Å². The summed E-state index contributed by atoms with van der Waals surface area (Å²) in [6.07, 6.45) is 1.72. The Morgan fingerprint density at radius 2 is 1.80 bits per heavy atom. The monoisotopic (exact) mass is 281 g/mol. The maximum Gasteiger partial charge on any atom is 0.490 e. The van der Waals surface area contributed by atoms with Crippen molar-refractivity contribution in [2.45, 2.75) is 71.2 Å². The summed E-state index contributed by atoms with van der Waals surface area (Å²) in [5.41, 5.74) is 0.310. The molecule has 0 aromatic rings. The van der Waals surface area contributed by atoms with Gasteiger partial charge in [0.05, 0.1) is 17.2 Å². The van der Waals surface area contributed by atoms with Gasteiger partial charge >= 0.3 is 13.2 Å². The molecule has 0 bridgehead atoms. The fourth-order valence-electron chi connectivity index (χ4n) is 2.83. The summed E-state index contributed by atoms with van der Waals surface area (Å²) >= 11 is 0. The van der Waals surface area contributed by atoms with Crippen LogP contribution >= 0.6 is 0 Å². The first-order chi connectivity index (χ1) is 9.05. The lowest BCUT2D eigenvalue weighted by Gasteiger charge is -2.36. The molecule has 1 N–H and O–H groups in total. The molecule has 112 valence electrons. The molecule has 20 heavy (non-hydrogen) atoms. The molecule has 0 aromatic heterocycles. The van der Waals surface area contributed by atoms with Crippen molar-refractivity contribution in [2.75, 3.05) is 0 Å². The summed E-state index contributed by atoms with van der Waals surface area (Å²) < 4.78 is 12.1. The highest BCUT2D eigenvalue weighted by Gasteiger charge is 2.53. The molecule has 1 fully saturated rings. The Morgan fingerprint density at radius 3 is 2.20 bits per heavy atom. The molecule has 1 amide bonds. The maximum atomic E-state index is 11.2. The van der Waals surface area contributed by atoms with Gasteiger partial charge in [-0.15, -0.1) is 0 Å². The quantitative estimate of drug-likeness (QED) is 0.751. The third kappa shape index (κ3) is 2.47. The summed E-state index contributed by atoms with van der Waals surface area (Å²) in [6.45, 7) is 11.9. The molecule has 2 rings (SSSR count). The zero-order chi connectivity index (χ0) is 15.3. The molecule has 0 aliphatic carbocycles. The van der Waals surface area contributed by atoms with E-state index in [4.69, 9.17) is 9.31 Å². The molecule has 6 heteroatoms. The molecule has 0 radical (unpaired) electrons. The first kappa shape index (κ1) is 15.4. The van der Waals surface area contributed by atoms with Crippen LogP contribution in [0.4, 0.5) is 4.79 Å². The topological polar surface area (TPSA) is 59.0 Å². The first-order valence-corrected chi connectivity index (χ1v) is 7.12. The van der Waals surface area contributed by atoms with Crippen LogP contribution in [-0.2, 0) is 9.31 Å². The number of amides is 1. The van der Waals surface area contributed by atoms with E-state index in [1.807, 2.05) is 47.6 Å². The third-order valence-electron chi connectivity index (χ3n) is 4.68. The van der Waals surface area contributed by atoms with Gasteiger partial charge in [0.2, 0.25) is 0 Å². The van der Waals surface area contributed by atoms with Crippen molar-refractivity contribution in [3.05, 3.63) is 11.5 Å². The molecule has 0 unspecified atom stereocenters. The van der Waals surface area contributed by atoms with E-state index in [0.29, 0.717) is 6.42 Å². The average Bonchev–Trinajstić information content (AvgIpc) is 2.46. The van der Waals surface area contributed by atoms with Crippen LogP contribution in [0.3, 0.4) is 0 Å². The molecule has 0 saturated carbocycles. The van der Waals surface area contributed by atoms with Crippen LogP contribution in [0.25, 0.3) is 0 Å². The summed E-state index contributed by atoms with van der Waals surface area (Å²) in [6, 6.07) is -0.230. The van der Waals surface area contributed by atoms with E-state index in [1.54, 1.807) is 0 Å². The minimum atomic E-state index is -0.880. The Hall–Kier alpha value is -1.01. The van der Waals surface area contributed by atoms with Crippen LogP contribution in [0.2, 0.25) is 0 Å². The third-order valence-corrected chi connectivity index (χ3v) is 4.68. The molecular formula is C14H24BNO4. The number of hydrogen-bond donors (Lipinski definition) is 1. The fraction of sp³-hybridized carbons (Fsp3) is 0.786. The van der Waals surface area contributed by atoms with Crippen molar-refractivity contribution in [1.29, 1.82) is 0 Å². The minimum Gasteiger partial charge on any atom is -0.465 e. The Labute approximate surface area is 121 Å². The van der Waals surface area contributed by atoms with Crippen LogP contribution in [-0.4, -0.2) is 46.5 Å². The second kappa shape index (κ2) is 4.77. The lowest BCUT2D eigenvalue weighted by molar-refractivity contribution is 0.00578. The largest absolute Gasteiger partial charge is 0.490 e. The zero-order valence-electron chi connectivity index (χ0n) is 13.1. The Balaban J connectivity index is 2.20. The van der Waals surface area contributed by atoms with Gasteiger partial charge in [-0.25, -0.2) is 4.79 Å². The van der Waals surface area contributed by atoms with Crippen LogP contribution in [0.15, 0.2) is 11.5 Å². The van der Waals surface area contributed by atoms with Crippen LogP contribution in [0, 0.1) is 0 Å². The van der Waals surface area contributed by atoms with Crippen molar-refractivity contribution >= 4 is 13.2 Å². The molecule has 2 aliphatic rings. The van der Waals surface area contributed by atoms with E-state index in [9.17, 15) is 9.90 Å².